The molecule has 3 rings (SSSR count). The fourth-order valence-electron chi connectivity index (χ4n) is 2.72. The van der Waals surface area contributed by atoms with Crippen LogP contribution in [0.15, 0.2) is 42.5 Å². The minimum absolute atomic E-state index is 0.0802. The largest absolute Gasteiger partial charge is 0.348 e. The maximum absolute atomic E-state index is 12.4. The second kappa shape index (κ2) is 8.30. The smallest absolute Gasteiger partial charge is 0.271 e. The zero-order valence-electron chi connectivity index (χ0n) is 14.3. The number of benzene rings is 2. The normalized spacial score (nSPS) is 10.9. The van der Waals surface area contributed by atoms with Crippen molar-refractivity contribution in [3.63, 3.8) is 0 Å². The number of rotatable bonds is 5. The van der Waals surface area contributed by atoms with E-state index in [4.69, 9.17) is 34.8 Å². The summed E-state index contributed by atoms with van der Waals surface area (Å²) >= 11 is 18.4. The van der Waals surface area contributed by atoms with Crippen LogP contribution in [0.3, 0.4) is 0 Å². The van der Waals surface area contributed by atoms with E-state index in [1.807, 2.05) is 12.1 Å². The minimum atomic E-state index is -0.654. The maximum Gasteiger partial charge on any atom is 0.271 e. The first kappa shape index (κ1) is 19.7. The number of nitrogens with one attached hydrogen (secondary N) is 1. The molecule has 0 saturated carbocycles. The molecule has 0 fully saturated rings. The lowest BCUT2D eigenvalue weighted by Crippen LogP contribution is -2.26. The van der Waals surface area contributed by atoms with Crippen molar-refractivity contribution < 1.29 is 9.18 Å². The van der Waals surface area contributed by atoms with Gasteiger partial charge in [-0.1, -0.05) is 34.8 Å². The first-order valence-corrected chi connectivity index (χ1v) is 9.20. The summed E-state index contributed by atoms with van der Waals surface area (Å²) in [7, 11) is 0. The third kappa shape index (κ3) is 4.10. The summed E-state index contributed by atoms with van der Waals surface area (Å²) in [5, 5.41) is 3.98. The number of hydrogen-bond acceptors (Lipinski definition) is 2. The standard InChI is InChI=1S/C19H15Cl3FN3O/c1-11-17(19(27)24-9-8-23)25-18(15-7-4-13(21)10-16(15)22)26(11)14-5-2-12(20)3-6-14/h2-7,10H,8-9H2,1H3,(H,24,27). The molecule has 0 saturated heterocycles. The minimum Gasteiger partial charge on any atom is -0.348 e. The molecule has 2 aromatic carbocycles. The Morgan fingerprint density at radius 1 is 1.11 bits per heavy atom. The lowest BCUT2D eigenvalue weighted by molar-refractivity contribution is 0.0945. The summed E-state index contributed by atoms with van der Waals surface area (Å²) in [5.74, 6) is 0.0195. The topological polar surface area (TPSA) is 46.9 Å². The van der Waals surface area contributed by atoms with Crippen molar-refractivity contribution >= 4 is 40.7 Å². The monoisotopic (exact) mass is 425 g/mol. The molecule has 1 N–H and O–H groups in total. The third-order valence-corrected chi connectivity index (χ3v) is 4.76. The number of carbonyl (C=O) groups excluding carboxylic acids is 1. The lowest BCUT2D eigenvalue weighted by Gasteiger charge is -2.12. The summed E-state index contributed by atoms with van der Waals surface area (Å²) in [5.41, 5.74) is 2.16. The van der Waals surface area contributed by atoms with Crippen LogP contribution in [0.1, 0.15) is 16.2 Å². The Morgan fingerprint density at radius 3 is 2.41 bits per heavy atom. The van der Waals surface area contributed by atoms with E-state index in [0.717, 1.165) is 5.69 Å². The van der Waals surface area contributed by atoms with Crippen LogP contribution in [0, 0.1) is 6.92 Å². The molecule has 27 heavy (non-hydrogen) atoms. The lowest BCUT2D eigenvalue weighted by atomic mass is 10.2. The maximum atomic E-state index is 12.4. The Bertz CT molecular complexity index is 987. The van der Waals surface area contributed by atoms with Gasteiger partial charge in [-0.25, -0.2) is 9.37 Å². The fourth-order valence-corrected chi connectivity index (χ4v) is 3.34. The summed E-state index contributed by atoms with van der Waals surface area (Å²) in [6.45, 7) is 1.03. The molecular weight excluding hydrogens is 412 g/mol. The molecule has 3 aromatic rings. The summed E-state index contributed by atoms with van der Waals surface area (Å²) in [4.78, 5) is 16.9. The van der Waals surface area contributed by atoms with Gasteiger partial charge in [-0.05, 0) is 49.4 Å². The Kier molecular flexibility index (Phi) is 6.05. The average molecular weight is 427 g/mol. The Balaban J connectivity index is 2.21. The molecule has 0 atom stereocenters. The second-order valence-electron chi connectivity index (χ2n) is 5.75. The number of halogens is 4. The predicted octanol–water partition coefficient (Wildman–Crippen LogP) is 5.51. The highest BCUT2D eigenvalue weighted by Gasteiger charge is 2.22. The molecule has 140 valence electrons. The number of hydrogen-bond donors (Lipinski definition) is 1. The zero-order chi connectivity index (χ0) is 19.6. The molecule has 1 amide bonds. The van der Waals surface area contributed by atoms with E-state index < -0.39 is 12.6 Å². The Morgan fingerprint density at radius 2 is 1.78 bits per heavy atom. The van der Waals surface area contributed by atoms with Crippen molar-refractivity contribution in [2.45, 2.75) is 6.92 Å². The molecule has 0 aliphatic carbocycles. The van der Waals surface area contributed by atoms with Crippen molar-refractivity contribution in [1.82, 2.24) is 14.9 Å². The van der Waals surface area contributed by atoms with Crippen molar-refractivity contribution in [3.8, 4) is 17.1 Å². The molecule has 1 heterocycles. The zero-order valence-corrected chi connectivity index (χ0v) is 16.5. The van der Waals surface area contributed by atoms with Gasteiger partial charge in [0, 0.05) is 27.8 Å². The van der Waals surface area contributed by atoms with Crippen LogP contribution in [0.4, 0.5) is 4.39 Å². The van der Waals surface area contributed by atoms with Crippen molar-refractivity contribution in [1.29, 1.82) is 0 Å². The molecule has 1 aromatic heterocycles. The third-order valence-electron chi connectivity index (χ3n) is 3.96. The van der Waals surface area contributed by atoms with Gasteiger partial charge >= 0.3 is 0 Å². The van der Waals surface area contributed by atoms with E-state index in [1.165, 1.54) is 0 Å². The molecule has 4 nitrogen and oxygen atoms in total. The second-order valence-corrected chi connectivity index (χ2v) is 7.03. The molecular formula is C19H15Cl3FN3O. The summed E-state index contributed by atoms with van der Waals surface area (Å²) < 4.78 is 14.2. The van der Waals surface area contributed by atoms with Crippen molar-refractivity contribution in [2.24, 2.45) is 0 Å². The SMILES string of the molecule is Cc1c(C(=O)NCCF)nc(-c2ccc(Cl)cc2Cl)n1-c1ccc(Cl)cc1. The van der Waals surface area contributed by atoms with E-state index in [2.05, 4.69) is 10.3 Å². The average Bonchev–Trinajstić information content (AvgIpc) is 2.97. The number of imidazole rings is 1. The number of alkyl halides is 1. The van der Waals surface area contributed by atoms with E-state index in [1.54, 1.807) is 41.8 Å². The number of amides is 1. The molecule has 0 unspecified atom stereocenters. The van der Waals surface area contributed by atoms with Crippen LogP contribution in [-0.4, -0.2) is 28.7 Å². The quantitative estimate of drug-likeness (QED) is 0.585. The summed E-state index contributed by atoms with van der Waals surface area (Å²) in [6, 6.07) is 12.2. The van der Waals surface area contributed by atoms with Crippen LogP contribution in [0.5, 0.6) is 0 Å². The molecule has 8 heteroatoms. The molecule has 0 bridgehead atoms. The van der Waals surface area contributed by atoms with Crippen LogP contribution in [0.2, 0.25) is 15.1 Å². The van der Waals surface area contributed by atoms with Gasteiger partial charge < -0.3 is 5.32 Å². The highest BCUT2D eigenvalue weighted by molar-refractivity contribution is 6.36. The highest BCUT2D eigenvalue weighted by atomic mass is 35.5. The number of aromatic nitrogens is 2. The van der Waals surface area contributed by atoms with Gasteiger partial charge in [-0.3, -0.25) is 9.36 Å². The summed E-state index contributed by atoms with van der Waals surface area (Å²) in [6.07, 6.45) is 0. The van der Waals surface area contributed by atoms with Gasteiger partial charge in [0.1, 0.15) is 18.2 Å². The fraction of sp³-hybridized carbons (Fsp3) is 0.158. The first-order valence-electron chi connectivity index (χ1n) is 8.07. The van der Waals surface area contributed by atoms with Gasteiger partial charge in [0.15, 0.2) is 0 Å². The van der Waals surface area contributed by atoms with Crippen molar-refractivity contribution in [3.05, 3.63) is 68.9 Å². The van der Waals surface area contributed by atoms with Gasteiger partial charge in [0.2, 0.25) is 0 Å². The molecule has 0 spiro atoms. The molecule has 0 aliphatic heterocycles. The van der Waals surface area contributed by atoms with Gasteiger partial charge in [0.25, 0.3) is 5.91 Å². The van der Waals surface area contributed by atoms with Gasteiger partial charge in [-0.2, -0.15) is 0 Å². The first-order chi connectivity index (χ1) is 12.9. The number of carbonyl (C=O) groups is 1. The van der Waals surface area contributed by atoms with Crippen molar-refractivity contribution in [2.75, 3.05) is 13.2 Å². The van der Waals surface area contributed by atoms with E-state index >= 15 is 0 Å². The Hall–Kier alpha value is -2.08. The van der Waals surface area contributed by atoms with E-state index in [-0.39, 0.29) is 12.2 Å². The highest BCUT2D eigenvalue weighted by Crippen LogP contribution is 2.33. The Labute approximate surface area is 170 Å². The molecule has 0 aliphatic rings. The van der Waals surface area contributed by atoms with E-state index in [0.29, 0.717) is 32.1 Å². The van der Waals surface area contributed by atoms with E-state index in [9.17, 15) is 9.18 Å². The number of nitrogens with zero attached hydrogens (tertiary/aromatic N) is 2. The van der Waals surface area contributed by atoms with Crippen LogP contribution >= 0.6 is 34.8 Å². The van der Waals surface area contributed by atoms with Crippen LogP contribution in [-0.2, 0) is 0 Å². The van der Waals surface area contributed by atoms with Crippen LogP contribution < -0.4 is 5.32 Å². The predicted molar refractivity (Wildman–Crippen MR) is 107 cm³/mol. The molecule has 0 radical (unpaired) electrons. The van der Waals surface area contributed by atoms with Crippen LogP contribution in [0.25, 0.3) is 17.1 Å². The van der Waals surface area contributed by atoms with Gasteiger partial charge in [0.05, 0.1) is 10.7 Å². The van der Waals surface area contributed by atoms with Gasteiger partial charge in [-0.15, -0.1) is 0 Å².